The maximum absolute atomic E-state index is 13.3. The van der Waals surface area contributed by atoms with Crippen LogP contribution in [0.5, 0.6) is 0 Å². The molecule has 7 heteroatoms. The number of carbonyl (C=O) groups excluding carboxylic acids is 1. The van der Waals surface area contributed by atoms with Gasteiger partial charge in [-0.1, -0.05) is 54.6 Å². The first-order valence-corrected chi connectivity index (χ1v) is 9.95. The van der Waals surface area contributed by atoms with E-state index in [4.69, 9.17) is 10.5 Å². The number of aliphatic hydroxyl groups is 2. The molecule has 0 saturated carbocycles. The molecule has 2 atom stereocenters. The third-order valence-corrected chi connectivity index (χ3v) is 5.53. The van der Waals surface area contributed by atoms with E-state index in [1.54, 1.807) is 0 Å². The normalized spacial score (nSPS) is 14.4. The molecule has 160 valence electrons. The van der Waals surface area contributed by atoms with Crippen molar-refractivity contribution in [3.63, 3.8) is 0 Å². The van der Waals surface area contributed by atoms with E-state index in [1.807, 2.05) is 48.5 Å². The lowest BCUT2D eigenvalue weighted by atomic mass is 9.98. The van der Waals surface area contributed by atoms with Gasteiger partial charge in [0.2, 0.25) is 0 Å². The van der Waals surface area contributed by atoms with Gasteiger partial charge in [-0.25, -0.2) is 9.18 Å². The largest absolute Gasteiger partial charge is 0.449 e. The Hall–Kier alpha value is -3.42. The van der Waals surface area contributed by atoms with Gasteiger partial charge in [0.25, 0.3) is 0 Å². The Kier molecular flexibility index (Phi) is 5.88. The van der Waals surface area contributed by atoms with Crippen molar-refractivity contribution in [1.82, 2.24) is 5.32 Å². The lowest BCUT2D eigenvalue weighted by molar-refractivity contribution is 0.0185. The van der Waals surface area contributed by atoms with Crippen LogP contribution in [0.15, 0.2) is 66.7 Å². The monoisotopic (exact) mass is 422 g/mol. The molecule has 2 unspecified atom stereocenters. The number of halogens is 1. The molecular weight excluding hydrogens is 399 g/mol. The van der Waals surface area contributed by atoms with Crippen LogP contribution in [0.1, 0.15) is 28.7 Å². The fraction of sp³-hybridized carbons (Fsp3) is 0.208. The van der Waals surface area contributed by atoms with E-state index in [-0.39, 0.29) is 30.3 Å². The zero-order valence-corrected chi connectivity index (χ0v) is 16.7. The third kappa shape index (κ3) is 4.23. The van der Waals surface area contributed by atoms with E-state index >= 15 is 0 Å². The molecule has 6 nitrogen and oxygen atoms in total. The number of nitrogens with one attached hydrogen (secondary N) is 1. The van der Waals surface area contributed by atoms with Gasteiger partial charge in [0.05, 0.1) is 5.69 Å². The second kappa shape index (κ2) is 8.75. The Bertz CT molecular complexity index is 1060. The summed E-state index contributed by atoms with van der Waals surface area (Å²) in [5.74, 6) is -0.682. The SMILES string of the molecule is Nc1cc(C(O)C(O)CNC(=O)OCC2c3ccccc3-c3ccccc32)ccc1F. The average Bonchev–Trinajstić information content (AvgIpc) is 3.11. The van der Waals surface area contributed by atoms with Gasteiger partial charge >= 0.3 is 6.09 Å². The molecule has 0 spiro atoms. The number of carbonyl (C=O) groups is 1. The van der Waals surface area contributed by atoms with Gasteiger partial charge < -0.3 is 26.0 Å². The quantitative estimate of drug-likeness (QED) is 0.456. The Labute approximate surface area is 179 Å². The highest BCUT2D eigenvalue weighted by atomic mass is 19.1. The number of aliphatic hydroxyl groups excluding tert-OH is 2. The number of ether oxygens (including phenoxy) is 1. The number of fused-ring (bicyclic) bond motifs is 3. The predicted octanol–water partition coefficient (Wildman–Crippen LogP) is 3.34. The minimum atomic E-state index is -1.34. The van der Waals surface area contributed by atoms with Crippen molar-refractivity contribution in [2.75, 3.05) is 18.9 Å². The van der Waals surface area contributed by atoms with Gasteiger partial charge in [-0.3, -0.25) is 0 Å². The number of anilines is 1. The van der Waals surface area contributed by atoms with Crippen LogP contribution in [0.2, 0.25) is 0 Å². The van der Waals surface area contributed by atoms with Crippen LogP contribution in [0.3, 0.4) is 0 Å². The molecule has 31 heavy (non-hydrogen) atoms. The van der Waals surface area contributed by atoms with Crippen LogP contribution in [0.4, 0.5) is 14.9 Å². The summed E-state index contributed by atoms with van der Waals surface area (Å²) in [5.41, 5.74) is 10.1. The summed E-state index contributed by atoms with van der Waals surface area (Å²) >= 11 is 0. The fourth-order valence-corrected chi connectivity index (χ4v) is 3.92. The van der Waals surface area contributed by atoms with Gasteiger partial charge in [0, 0.05) is 12.5 Å². The molecule has 0 saturated heterocycles. The first-order chi connectivity index (χ1) is 15.0. The lowest BCUT2D eigenvalue weighted by Gasteiger charge is -2.19. The van der Waals surface area contributed by atoms with Crippen molar-refractivity contribution in [3.05, 3.63) is 89.2 Å². The van der Waals surface area contributed by atoms with Crippen molar-refractivity contribution in [1.29, 1.82) is 0 Å². The molecule has 0 aromatic heterocycles. The number of alkyl carbamates (subject to hydrolysis) is 1. The molecule has 1 amide bonds. The molecule has 3 aromatic carbocycles. The standard InChI is InChI=1S/C24H23FN2O4/c25-20-10-9-14(11-21(20)26)23(29)22(28)12-27-24(30)31-13-19-17-7-3-1-5-15(17)16-6-2-4-8-18(16)19/h1-11,19,22-23,28-29H,12-13,26H2,(H,27,30). The summed E-state index contributed by atoms with van der Waals surface area (Å²) in [7, 11) is 0. The van der Waals surface area contributed by atoms with Crippen molar-refractivity contribution in [3.8, 4) is 11.1 Å². The van der Waals surface area contributed by atoms with Crippen LogP contribution in [-0.2, 0) is 4.74 Å². The summed E-state index contributed by atoms with van der Waals surface area (Å²) < 4.78 is 18.7. The number of rotatable bonds is 6. The number of hydrogen-bond acceptors (Lipinski definition) is 5. The van der Waals surface area contributed by atoms with Crippen LogP contribution in [-0.4, -0.2) is 35.6 Å². The first kappa shape index (κ1) is 20.8. The van der Waals surface area contributed by atoms with Crippen molar-refractivity contribution in [2.45, 2.75) is 18.1 Å². The maximum atomic E-state index is 13.3. The number of amides is 1. The molecule has 4 rings (SSSR count). The van der Waals surface area contributed by atoms with Crippen LogP contribution >= 0.6 is 0 Å². The first-order valence-electron chi connectivity index (χ1n) is 9.95. The molecule has 0 radical (unpaired) electrons. The molecule has 0 fully saturated rings. The van der Waals surface area contributed by atoms with Crippen molar-refractivity contribution < 1.29 is 24.1 Å². The van der Waals surface area contributed by atoms with E-state index < -0.39 is 24.1 Å². The minimum absolute atomic E-state index is 0.0733. The number of benzene rings is 3. The number of nitrogen functional groups attached to an aromatic ring is 1. The molecule has 5 N–H and O–H groups in total. The highest BCUT2D eigenvalue weighted by Crippen LogP contribution is 2.44. The summed E-state index contributed by atoms with van der Waals surface area (Å²) in [5, 5.41) is 22.8. The fourth-order valence-electron chi connectivity index (χ4n) is 3.92. The van der Waals surface area contributed by atoms with Gasteiger partial charge in [0.1, 0.15) is 24.6 Å². The van der Waals surface area contributed by atoms with E-state index in [0.717, 1.165) is 28.3 Å². The number of hydrogen-bond donors (Lipinski definition) is 4. The van der Waals surface area contributed by atoms with E-state index in [0.29, 0.717) is 0 Å². The summed E-state index contributed by atoms with van der Waals surface area (Å²) in [6, 6.07) is 19.7. The zero-order chi connectivity index (χ0) is 22.0. The van der Waals surface area contributed by atoms with Crippen LogP contribution < -0.4 is 11.1 Å². The molecule has 1 aliphatic rings. The highest BCUT2D eigenvalue weighted by Gasteiger charge is 2.29. The van der Waals surface area contributed by atoms with Gasteiger partial charge in [-0.05, 0) is 39.9 Å². The van der Waals surface area contributed by atoms with Gasteiger partial charge in [-0.15, -0.1) is 0 Å². The zero-order valence-electron chi connectivity index (χ0n) is 16.7. The second-order valence-corrected chi connectivity index (χ2v) is 7.50. The molecule has 1 aliphatic carbocycles. The van der Waals surface area contributed by atoms with Gasteiger partial charge in [0.15, 0.2) is 0 Å². The number of nitrogens with two attached hydrogens (primary N) is 1. The molecule has 3 aromatic rings. The van der Waals surface area contributed by atoms with Crippen LogP contribution in [0.25, 0.3) is 11.1 Å². The van der Waals surface area contributed by atoms with Crippen molar-refractivity contribution in [2.24, 2.45) is 0 Å². The summed E-state index contributed by atoms with van der Waals surface area (Å²) in [6.07, 6.45) is -3.35. The molecule has 0 aliphatic heterocycles. The Morgan fingerprint density at radius 3 is 2.26 bits per heavy atom. The molecular formula is C24H23FN2O4. The Morgan fingerprint density at radius 1 is 1.03 bits per heavy atom. The summed E-state index contributed by atoms with van der Waals surface area (Å²) in [4.78, 5) is 12.2. The highest BCUT2D eigenvalue weighted by molar-refractivity contribution is 5.79. The van der Waals surface area contributed by atoms with E-state index in [2.05, 4.69) is 5.32 Å². The van der Waals surface area contributed by atoms with Crippen LogP contribution in [0, 0.1) is 5.82 Å². The third-order valence-electron chi connectivity index (χ3n) is 5.53. The molecule has 0 bridgehead atoms. The van der Waals surface area contributed by atoms with Gasteiger partial charge in [-0.2, -0.15) is 0 Å². The molecule has 0 heterocycles. The lowest BCUT2D eigenvalue weighted by Crippen LogP contribution is -2.36. The smallest absolute Gasteiger partial charge is 0.407 e. The second-order valence-electron chi connectivity index (χ2n) is 7.50. The maximum Gasteiger partial charge on any atom is 0.407 e. The minimum Gasteiger partial charge on any atom is -0.449 e. The Balaban J connectivity index is 1.34. The van der Waals surface area contributed by atoms with E-state index in [1.165, 1.54) is 12.1 Å². The van der Waals surface area contributed by atoms with E-state index in [9.17, 15) is 19.4 Å². The topological polar surface area (TPSA) is 105 Å². The summed E-state index contributed by atoms with van der Waals surface area (Å²) in [6.45, 7) is -0.0951. The average molecular weight is 422 g/mol. The predicted molar refractivity (Wildman–Crippen MR) is 115 cm³/mol. The Morgan fingerprint density at radius 2 is 1.65 bits per heavy atom. The van der Waals surface area contributed by atoms with Crippen molar-refractivity contribution >= 4 is 11.8 Å².